The lowest BCUT2D eigenvalue weighted by molar-refractivity contribution is 0.443. The Bertz CT molecular complexity index is 654. The monoisotopic (exact) mass is 272 g/mol. The zero-order valence-corrected chi connectivity index (χ0v) is 12.4. The Morgan fingerprint density at radius 1 is 1.30 bits per heavy atom. The summed E-state index contributed by atoms with van der Waals surface area (Å²) in [5.74, 6) is 0.747. The number of rotatable bonds is 3. The van der Waals surface area contributed by atoms with Crippen molar-refractivity contribution < 1.29 is 4.74 Å². The molecular formula is C16H20N2O2. The minimum absolute atomic E-state index is 0.0348. The fourth-order valence-corrected chi connectivity index (χ4v) is 1.88. The van der Waals surface area contributed by atoms with Crippen LogP contribution in [0.5, 0.6) is 11.6 Å². The summed E-state index contributed by atoms with van der Waals surface area (Å²) in [6.45, 7) is 8.91. The third-order valence-electron chi connectivity index (χ3n) is 3.14. The molecule has 20 heavy (non-hydrogen) atoms. The molecule has 106 valence electrons. The summed E-state index contributed by atoms with van der Waals surface area (Å²) in [6.07, 6.45) is 3.23. The van der Waals surface area contributed by atoms with Crippen molar-refractivity contribution in [3.63, 3.8) is 0 Å². The molecule has 4 nitrogen and oxygen atoms in total. The summed E-state index contributed by atoms with van der Waals surface area (Å²) in [5.41, 5.74) is 0.977. The van der Waals surface area contributed by atoms with E-state index in [0.29, 0.717) is 12.3 Å². The van der Waals surface area contributed by atoms with Crippen molar-refractivity contribution in [1.82, 2.24) is 9.55 Å². The quantitative estimate of drug-likeness (QED) is 0.860. The van der Waals surface area contributed by atoms with Gasteiger partial charge in [0.15, 0.2) is 0 Å². The van der Waals surface area contributed by atoms with E-state index in [1.54, 1.807) is 17.0 Å². The van der Waals surface area contributed by atoms with Gasteiger partial charge in [0.1, 0.15) is 5.75 Å². The van der Waals surface area contributed by atoms with Gasteiger partial charge in [-0.2, -0.15) is 0 Å². The van der Waals surface area contributed by atoms with Crippen LogP contribution in [-0.4, -0.2) is 9.55 Å². The van der Waals surface area contributed by atoms with E-state index >= 15 is 0 Å². The maximum atomic E-state index is 12.1. The van der Waals surface area contributed by atoms with E-state index in [2.05, 4.69) is 31.8 Å². The van der Waals surface area contributed by atoms with Gasteiger partial charge in [-0.1, -0.05) is 32.9 Å². The third kappa shape index (κ3) is 3.07. The molecule has 0 aliphatic carbocycles. The largest absolute Gasteiger partial charge is 0.435 e. The van der Waals surface area contributed by atoms with Crippen molar-refractivity contribution >= 4 is 0 Å². The highest BCUT2D eigenvalue weighted by molar-refractivity contribution is 5.34. The molecule has 1 aromatic heterocycles. The molecule has 0 unspecified atom stereocenters. The van der Waals surface area contributed by atoms with Crippen molar-refractivity contribution in [2.45, 2.75) is 39.7 Å². The molecule has 0 fully saturated rings. The highest BCUT2D eigenvalue weighted by atomic mass is 16.5. The summed E-state index contributed by atoms with van der Waals surface area (Å²) < 4.78 is 7.21. The first kappa shape index (κ1) is 14.3. The molecule has 4 heteroatoms. The molecule has 0 saturated carbocycles. The summed E-state index contributed by atoms with van der Waals surface area (Å²) in [7, 11) is 0. The maximum Gasteiger partial charge on any atom is 0.313 e. The van der Waals surface area contributed by atoms with Gasteiger partial charge in [-0.15, -0.1) is 0 Å². The Labute approximate surface area is 119 Å². The molecule has 0 aliphatic rings. The molecule has 0 bridgehead atoms. The van der Waals surface area contributed by atoms with E-state index in [4.69, 9.17) is 4.74 Å². The molecule has 0 radical (unpaired) electrons. The molecule has 2 aromatic rings. The Morgan fingerprint density at radius 3 is 2.70 bits per heavy atom. The van der Waals surface area contributed by atoms with E-state index in [-0.39, 0.29) is 16.9 Å². The molecular weight excluding hydrogens is 252 g/mol. The van der Waals surface area contributed by atoms with Crippen LogP contribution in [0, 0.1) is 0 Å². The number of ether oxygens (including phenoxy) is 1. The second-order valence-corrected chi connectivity index (χ2v) is 5.70. The van der Waals surface area contributed by atoms with Crippen LogP contribution in [0.2, 0.25) is 0 Å². The molecule has 0 atom stereocenters. The van der Waals surface area contributed by atoms with Gasteiger partial charge >= 0.3 is 5.56 Å². The van der Waals surface area contributed by atoms with Crippen molar-refractivity contribution in [2.24, 2.45) is 0 Å². The molecule has 0 saturated heterocycles. The van der Waals surface area contributed by atoms with Gasteiger partial charge < -0.3 is 9.30 Å². The van der Waals surface area contributed by atoms with Gasteiger partial charge in [-0.3, -0.25) is 4.79 Å². The van der Waals surface area contributed by atoms with E-state index in [1.807, 2.05) is 25.1 Å². The number of hydrogen-bond donors (Lipinski definition) is 0. The zero-order chi connectivity index (χ0) is 14.8. The Kier molecular flexibility index (Phi) is 3.93. The Hall–Kier alpha value is -2.10. The van der Waals surface area contributed by atoms with E-state index < -0.39 is 0 Å². The minimum atomic E-state index is -0.212. The number of benzene rings is 1. The van der Waals surface area contributed by atoms with Crippen LogP contribution in [0.1, 0.15) is 33.3 Å². The van der Waals surface area contributed by atoms with Crippen LogP contribution in [0.15, 0.2) is 41.5 Å². The number of aromatic nitrogens is 2. The smallest absolute Gasteiger partial charge is 0.313 e. The van der Waals surface area contributed by atoms with Gasteiger partial charge in [-0.05, 0) is 30.0 Å². The molecule has 0 spiro atoms. The van der Waals surface area contributed by atoms with Gasteiger partial charge in [-0.25, -0.2) is 4.98 Å². The number of hydrogen-bond acceptors (Lipinski definition) is 3. The van der Waals surface area contributed by atoms with Crippen LogP contribution >= 0.6 is 0 Å². The van der Waals surface area contributed by atoms with E-state index in [1.165, 1.54) is 0 Å². The number of aryl methyl sites for hydroxylation is 1. The lowest BCUT2D eigenvalue weighted by Gasteiger charge is -2.19. The first-order valence-electron chi connectivity index (χ1n) is 6.75. The second-order valence-electron chi connectivity index (χ2n) is 5.70. The normalized spacial score (nSPS) is 11.4. The van der Waals surface area contributed by atoms with Crippen LogP contribution in [0.25, 0.3) is 0 Å². The van der Waals surface area contributed by atoms with Crippen molar-refractivity contribution in [3.8, 4) is 11.6 Å². The predicted octanol–water partition coefficient (Wildman–Crippen LogP) is 3.35. The SMILES string of the molecule is CCn1ccnc(Oc2cccc(C(C)(C)C)c2)c1=O. The summed E-state index contributed by atoms with van der Waals surface area (Å²) in [5, 5.41) is 0. The molecule has 0 aliphatic heterocycles. The van der Waals surface area contributed by atoms with Crippen molar-refractivity contribution in [2.75, 3.05) is 0 Å². The standard InChI is InChI=1S/C16H20N2O2/c1-5-18-10-9-17-14(15(18)19)20-13-8-6-7-12(11-13)16(2,3)4/h6-11H,5H2,1-4H3. The highest BCUT2D eigenvalue weighted by Crippen LogP contribution is 2.26. The van der Waals surface area contributed by atoms with Crippen LogP contribution in [-0.2, 0) is 12.0 Å². The summed E-state index contributed by atoms with van der Waals surface area (Å²) in [4.78, 5) is 16.1. The fourth-order valence-electron chi connectivity index (χ4n) is 1.88. The minimum Gasteiger partial charge on any atom is -0.435 e. The van der Waals surface area contributed by atoms with Gasteiger partial charge in [0.2, 0.25) is 0 Å². The molecule has 0 amide bonds. The van der Waals surface area contributed by atoms with Crippen molar-refractivity contribution in [1.29, 1.82) is 0 Å². The topological polar surface area (TPSA) is 44.1 Å². The van der Waals surface area contributed by atoms with Crippen LogP contribution < -0.4 is 10.3 Å². The Balaban J connectivity index is 2.34. The molecule has 1 aromatic carbocycles. The fraction of sp³-hybridized carbons (Fsp3) is 0.375. The average Bonchev–Trinajstić information content (AvgIpc) is 2.40. The van der Waals surface area contributed by atoms with Crippen LogP contribution in [0.3, 0.4) is 0 Å². The third-order valence-corrected chi connectivity index (χ3v) is 3.14. The molecule has 2 rings (SSSR count). The van der Waals surface area contributed by atoms with E-state index in [9.17, 15) is 4.79 Å². The molecule has 1 heterocycles. The zero-order valence-electron chi connectivity index (χ0n) is 12.4. The second kappa shape index (κ2) is 5.49. The molecule has 0 N–H and O–H groups in total. The predicted molar refractivity (Wildman–Crippen MR) is 79.4 cm³/mol. The van der Waals surface area contributed by atoms with Gasteiger partial charge in [0.05, 0.1) is 0 Å². The first-order valence-corrected chi connectivity index (χ1v) is 6.75. The lowest BCUT2D eigenvalue weighted by atomic mass is 9.87. The van der Waals surface area contributed by atoms with Crippen molar-refractivity contribution in [3.05, 3.63) is 52.6 Å². The highest BCUT2D eigenvalue weighted by Gasteiger charge is 2.15. The van der Waals surface area contributed by atoms with Gasteiger partial charge in [0.25, 0.3) is 5.88 Å². The van der Waals surface area contributed by atoms with Crippen LogP contribution in [0.4, 0.5) is 0 Å². The van der Waals surface area contributed by atoms with E-state index in [0.717, 1.165) is 5.56 Å². The first-order chi connectivity index (χ1) is 9.41. The Morgan fingerprint density at radius 2 is 2.05 bits per heavy atom. The average molecular weight is 272 g/mol. The summed E-state index contributed by atoms with van der Waals surface area (Å²) in [6, 6.07) is 7.76. The van der Waals surface area contributed by atoms with Gasteiger partial charge in [0, 0.05) is 18.9 Å². The lowest BCUT2D eigenvalue weighted by Crippen LogP contribution is -2.20. The number of nitrogens with zero attached hydrogens (tertiary/aromatic N) is 2. The maximum absolute atomic E-state index is 12.1. The summed E-state index contributed by atoms with van der Waals surface area (Å²) >= 11 is 0.